The molecule has 0 heterocycles. The molecule has 0 amide bonds. The zero-order chi connectivity index (χ0) is 18.1. The lowest BCUT2D eigenvalue weighted by Crippen LogP contribution is -2.44. The van der Waals surface area contributed by atoms with Crippen LogP contribution >= 0.6 is 0 Å². The van der Waals surface area contributed by atoms with Gasteiger partial charge in [0.2, 0.25) is 0 Å². The van der Waals surface area contributed by atoms with Gasteiger partial charge in [-0.1, -0.05) is 60.7 Å². The van der Waals surface area contributed by atoms with Crippen LogP contribution in [0.4, 0.5) is 4.79 Å². The molecule has 0 saturated carbocycles. The van der Waals surface area contributed by atoms with E-state index >= 15 is 0 Å². The van der Waals surface area contributed by atoms with E-state index < -0.39 is 24.8 Å². The van der Waals surface area contributed by atoms with E-state index in [0.29, 0.717) is 0 Å². The van der Waals surface area contributed by atoms with Crippen LogP contribution in [0.1, 0.15) is 11.1 Å². The van der Waals surface area contributed by atoms with Gasteiger partial charge in [-0.05, 0) is 11.1 Å². The molecular weight excluding hydrogens is 326 g/mol. The first-order valence-corrected chi connectivity index (χ1v) is 7.63. The Morgan fingerprint density at radius 3 is 2.04 bits per heavy atom. The van der Waals surface area contributed by atoms with Crippen molar-refractivity contribution >= 4 is 12.1 Å². The van der Waals surface area contributed by atoms with Crippen molar-refractivity contribution < 1.29 is 29.4 Å². The Morgan fingerprint density at radius 1 is 0.960 bits per heavy atom. The molecule has 0 saturated heterocycles. The molecule has 1 atom stereocenters. The topological polar surface area (TPSA) is 96.3 Å². The molecule has 132 valence electrons. The summed E-state index contributed by atoms with van der Waals surface area (Å²) < 4.78 is 4.99. The summed E-state index contributed by atoms with van der Waals surface area (Å²) in [6.07, 6.45) is -1.04. The van der Waals surface area contributed by atoms with Crippen LogP contribution in [0.5, 0.6) is 0 Å². The lowest BCUT2D eigenvalue weighted by molar-refractivity contribution is -0.188. The first-order valence-electron chi connectivity index (χ1n) is 7.63. The van der Waals surface area contributed by atoms with E-state index in [2.05, 4.69) is 0 Å². The zero-order valence-corrected chi connectivity index (χ0v) is 13.4. The number of carbonyl (C=O) groups excluding carboxylic acids is 1. The number of hydroxylamine groups is 2. The monoisotopic (exact) mass is 345 g/mol. The Bertz CT molecular complexity index is 676. The zero-order valence-electron chi connectivity index (χ0n) is 13.4. The summed E-state index contributed by atoms with van der Waals surface area (Å²) in [6.45, 7) is -0.720. The third-order valence-corrected chi connectivity index (χ3v) is 3.38. The molecule has 2 rings (SSSR count). The molecular formula is C18H19NO6. The van der Waals surface area contributed by atoms with Crippen LogP contribution in [-0.4, -0.2) is 40.0 Å². The van der Waals surface area contributed by atoms with Gasteiger partial charge in [0.15, 0.2) is 6.04 Å². The summed E-state index contributed by atoms with van der Waals surface area (Å²) in [6, 6.07) is 16.5. The second kappa shape index (κ2) is 9.41. The quantitative estimate of drug-likeness (QED) is 0.559. The molecule has 0 bridgehead atoms. The second-order valence-electron chi connectivity index (χ2n) is 5.21. The molecule has 7 nitrogen and oxygen atoms in total. The number of carboxylic acids is 1. The standard InChI is InChI=1S/C18H19NO6/c20-12-16(17(21)22)19(11-14-7-3-1-4-8-14)25-18(23)24-13-15-9-5-2-6-10-15/h1-10,16,20H,11-13H2,(H,21,22)/t16-/m0/s1. The summed E-state index contributed by atoms with van der Waals surface area (Å²) in [4.78, 5) is 28.2. The highest BCUT2D eigenvalue weighted by molar-refractivity contribution is 5.73. The SMILES string of the molecule is O=C(OCc1ccccc1)ON(Cc1ccccc1)[C@@H](CO)C(=O)O. The van der Waals surface area contributed by atoms with E-state index in [-0.39, 0.29) is 13.2 Å². The average molecular weight is 345 g/mol. The number of hydrogen-bond donors (Lipinski definition) is 2. The molecule has 0 aliphatic rings. The van der Waals surface area contributed by atoms with E-state index in [9.17, 15) is 19.8 Å². The minimum absolute atomic E-state index is 0.00119. The van der Waals surface area contributed by atoms with Gasteiger partial charge >= 0.3 is 12.1 Å². The molecule has 0 aliphatic heterocycles. The fourth-order valence-electron chi connectivity index (χ4n) is 2.10. The number of aliphatic hydroxyl groups is 1. The van der Waals surface area contributed by atoms with Gasteiger partial charge in [0.05, 0.1) is 13.2 Å². The van der Waals surface area contributed by atoms with Crippen molar-refractivity contribution in [3.63, 3.8) is 0 Å². The Hall–Kier alpha value is -2.90. The highest BCUT2D eigenvalue weighted by atomic mass is 16.8. The molecule has 0 aromatic heterocycles. The number of carboxylic acid groups (broad SMARTS) is 1. The van der Waals surface area contributed by atoms with Crippen molar-refractivity contribution in [2.75, 3.05) is 6.61 Å². The largest absolute Gasteiger partial charge is 0.528 e. The number of hydrogen-bond acceptors (Lipinski definition) is 6. The smallest absolute Gasteiger partial charge is 0.480 e. The van der Waals surface area contributed by atoms with E-state index in [1.54, 1.807) is 48.5 Å². The molecule has 0 fully saturated rings. The van der Waals surface area contributed by atoms with Crippen LogP contribution in [0.25, 0.3) is 0 Å². The summed E-state index contributed by atoms with van der Waals surface area (Å²) in [7, 11) is 0. The van der Waals surface area contributed by atoms with Gasteiger partial charge in [0.25, 0.3) is 0 Å². The van der Waals surface area contributed by atoms with Crippen LogP contribution in [0.2, 0.25) is 0 Å². The molecule has 0 spiro atoms. The van der Waals surface area contributed by atoms with Gasteiger partial charge in [0.1, 0.15) is 6.61 Å². The van der Waals surface area contributed by atoms with Crippen LogP contribution in [0.15, 0.2) is 60.7 Å². The predicted molar refractivity (Wildman–Crippen MR) is 88.2 cm³/mol. The van der Waals surface area contributed by atoms with Crippen LogP contribution in [0, 0.1) is 0 Å². The minimum Gasteiger partial charge on any atom is -0.480 e. The summed E-state index contributed by atoms with van der Waals surface area (Å²) in [5.41, 5.74) is 1.49. The Kier molecular flexibility index (Phi) is 6.94. The lowest BCUT2D eigenvalue weighted by atomic mass is 10.2. The molecule has 7 heteroatoms. The van der Waals surface area contributed by atoms with E-state index in [1.165, 1.54) is 0 Å². The summed E-state index contributed by atoms with van der Waals surface area (Å²) in [5, 5.41) is 19.4. The van der Waals surface area contributed by atoms with Crippen molar-refractivity contribution in [2.24, 2.45) is 0 Å². The highest BCUT2D eigenvalue weighted by Crippen LogP contribution is 2.11. The Balaban J connectivity index is 2.01. The molecule has 0 unspecified atom stereocenters. The minimum atomic E-state index is -1.40. The van der Waals surface area contributed by atoms with Crippen LogP contribution in [-0.2, 0) is 27.5 Å². The van der Waals surface area contributed by atoms with Crippen molar-refractivity contribution in [2.45, 2.75) is 19.2 Å². The maximum absolute atomic E-state index is 11.9. The number of carbonyl (C=O) groups is 2. The third kappa shape index (κ3) is 5.91. The maximum Gasteiger partial charge on any atom is 0.528 e. The number of rotatable bonds is 8. The number of aliphatic hydroxyl groups excluding tert-OH is 1. The van der Waals surface area contributed by atoms with Gasteiger partial charge < -0.3 is 19.8 Å². The summed E-state index contributed by atoms with van der Waals surface area (Å²) >= 11 is 0. The molecule has 2 aromatic rings. The second-order valence-corrected chi connectivity index (χ2v) is 5.21. The fourth-order valence-corrected chi connectivity index (χ4v) is 2.10. The van der Waals surface area contributed by atoms with E-state index in [4.69, 9.17) is 9.57 Å². The molecule has 0 aliphatic carbocycles. The number of benzene rings is 2. The molecule has 0 radical (unpaired) electrons. The normalized spacial score (nSPS) is 11.8. The van der Waals surface area contributed by atoms with Crippen molar-refractivity contribution in [3.8, 4) is 0 Å². The van der Waals surface area contributed by atoms with Gasteiger partial charge in [-0.15, -0.1) is 5.06 Å². The van der Waals surface area contributed by atoms with Crippen LogP contribution < -0.4 is 0 Å². The predicted octanol–water partition coefficient (Wildman–Crippen LogP) is 2.20. The molecule has 25 heavy (non-hydrogen) atoms. The summed E-state index contributed by atoms with van der Waals surface area (Å²) in [5.74, 6) is -1.31. The van der Waals surface area contributed by atoms with Crippen molar-refractivity contribution in [3.05, 3.63) is 71.8 Å². The van der Waals surface area contributed by atoms with E-state index in [0.717, 1.165) is 16.2 Å². The van der Waals surface area contributed by atoms with Gasteiger partial charge in [0, 0.05) is 0 Å². The van der Waals surface area contributed by atoms with E-state index in [1.807, 2.05) is 12.1 Å². The number of ether oxygens (including phenoxy) is 1. The first kappa shape index (κ1) is 18.4. The number of nitrogens with zero attached hydrogens (tertiary/aromatic N) is 1. The Morgan fingerprint density at radius 2 is 1.52 bits per heavy atom. The van der Waals surface area contributed by atoms with Crippen molar-refractivity contribution in [1.29, 1.82) is 0 Å². The van der Waals surface area contributed by atoms with Gasteiger partial charge in [-0.25, -0.2) is 4.79 Å². The molecule has 2 aromatic carbocycles. The fraction of sp³-hybridized carbons (Fsp3) is 0.222. The van der Waals surface area contributed by atoms with Crippen molar-refractivity contribution in [1.82, 2.24) is 5.06 Å². The average Bonchev–Trinajstić information content (AvgIpc) is 2.62. The van der Waals surface area contributed by atoms with Gasteiger partial charge in [-0.3, -0.25) is 4.79 Å². The first-order chi connectivity index (χ1) is 12.1. The van der Waals surface area contributed by atoms with Crippen LogP contribution in [0.3, 0.4) is 0 Å². The van der Waals surface area contributed by atoms with Gasteiger partial charge in [-0.2, -0.15) is 0 Å². The lowest BCUT2D eigenvalue weighted by Gasteiger charge is -2.25. The molecule has 2 N–H and O–H groups in total. The highest BCUT2D eigenvalue weighted by Gasteiger charge is 2.29. The Labute approximate surface area is 145 Å². The number of aliphatic carboxylic acids is 1. The third-order valence-electron chi connectivity index (χ3n) is 3.38. The maximum atomic E-state index is 11.9.